The minimum atomic E-state index is 1.09. The minimum Gasteiger partial charge on any atom is -0.353 e. The molecule has 20 heavy (non-hydrogen) atoms. The Morgan fingerprint density at radius 3 is 1.20 bits per heavy atom. The molecule has 0 bridgehead atoms. The fourth-order valence-corrected chi connectivity index (χ4v) is 2.65. The molecule has 0 aliphatic rings. The van der Waals surface area contributed by atoms with Crippen molar-refractivity contribution in [2.75, 3.05) is 0 Å². The molecule has 0 saturated heterocycles. The molecular formula is C18H14N2. The maximum Gasteiger partial charge on any atom is 0.0623 e. The zero-order chi connectivity index (χ0) is 13.4. The monoisotopic (exact) mass is 258 g/mol. The molecule has 0 spiro atoms. The van der Waals surface area contributed by atoms with E-state index >= 15 is 0 Å². The molecular weight excluding hydrogens is 244 g/mol. The number of aromatic amines is 2. The van der Waals surface area contributed by atoms with Gasteiger partial charge in [-0.3, -0.25) is 0 Å². The summed E-state index contributed by atoms with van der Waals surface area (Å²) in [6.07, 6.45) is 0. The van der Waals surface area contributed by atoms with Crippen LogP contribution in [0.15, 0.2) is 72.8 Å². The number of hydrogen-bond acceptors (Lipinski definition) is 0. The van der Waals surface area contributed by atoms with E-state index in [1.807, 2.05) is 12.1 Å². The summed E-state index contributed by atoms with van der Waals surface area (Å²) in [5, 5.41) is 2.43. The first-order valence-electron chi connectivity index (χ1n) is 6.73. The molecule has 0 amide bonds. The highest BCUT2D eigenvalue weighted by atomic mass is 14.7. The zero-order valence-electron chi connectivity index (χ0n) is 10.9. The summed E-state index contributed by atoms with van der Waals surface area (Å²) in [6.45, 7) is 0. The third kappa shape index (κ3) is 1.74. The van der Waals surface area contributed by atoms with Crippen LogP contribution in [0, 0.1) is 0 Å². The number of aromatic nitrogens is 2. The molecule has 1 heterocycles. The Kier molecular flexibility index (Phi) is 2.46. The topological polar surface area (TPSA) is 31.6 Å². The van der Waals surface area contributed by atoms with Crippen molar-refractivity contribution in [1.29, 1.82) is 0 Å². The Morgan fingerprint density at radius 1 is 0.400 bits per heavy atom. The average Bonchev–Trinajstić information content (AvgIpc) is 2.48. The molecule has 3 aromatic carbocycles. The van der Waals surface area contributed by atoms with Gasteiger partial charge in [-0.05, 0) is 24.3 Å². The molecule has 0 aliphatic carbocycles. The van der Waals surface area contributed by atoms with Crippen molar-refractivity contribution in [2.45, 2.75) is 0 Å². The highest BCUT2D eigenvalue weighted by molar-refractivity contribution is 6.04. The summed E-state index contributed by atoms with van der Waals surface area (Å²) in [4.78, 5) is 7.04. The van der Waals surface area contributed by atoms with Crippen molar-refractivity contribution in [2.24, 2.45) is 0 Å². The van der Waals surface area contributed by atoms with Crippen LogP contribution in [0.5, 0.6) is 0 Å². The van der Waals surface area contributed by atoms with Crippen molar-refractivity contribution >= 4 is 32.8 Å². The molecule has 4 rings (SSSR count). The van der Waals surface area contributed by atoms with Crippen LogP contribution in [0.25, 0.3) is 32.8 Å². The number of nitrogens with one attached hydrogen (secondary N) is 2. The summed E-state index contributed by atoms with van der Waals surface area (Å²) >= 11 is 0. The molecule has 0 radical (unpaired) electrons. The van der Waals surface area contributed by atoms with Crippen molar-refractivity contribution in [3.63, 3.8) is 0 Å². The molecule has 0 atom stereocenters. The van der Waals surface area contributed by atoms with Crippen LogP contribution in [0.1, 0.15) is 0 Å². The second-order valence-corrected chi connectivity index (χ2v) is 4.89. The average molecular weight is 258 g/mol. The van der Waals surface area contributed by atoms with Gasteiger partial charge in [0.2, 0.25) is 0 Å². The van der Waals surface area contributed by atoms with Gasteiger partial charge in [-0.15, -0.1) is 0 Å². The van der Waals surface area contributed by atoms with Crippen LogP contribution in [-0.4, -0.2) is 9.97 Å². The van der Waals surface area contributed by atoms with Gasteiger partial charge in [-0.1, -0.05) is 48.5 Å². The van der Waals surface area contributed by atoms with Crippen LogP contribution in [0.4, 0.5) is 0 Å². The Balaban J connectivity index is 2.37. The molecule has 0 aliphatic heterocycles. The van der Waals surface area contributed by atoms with Crippen LogP contribution >= 0.6 is 0 Å². The lowest BCUT2D eigenvalue weighted by molar-refractivity contribution is 1.44. The largest absolute Gasteiger partial charge is 0.353 e. The first kappa shape index (κ1) is 11.1. The fourth-order valence-electron chi connectivity index (χ4n) is 2.65. The summed E-state index contributed by atoms with van der Waals surface area (Å²) in [6, 6.07) is 25.1. The Labute approximate surface area is 116 Å². The Hall–Kier alpha value is -2.74. The van der Waals surface area contributed by atoms with Gasteiger partial charge < -0.3 is 9.97 Å². The lowest BCUT2D eigenvalue weighted by Crippen LogP contribution is -1.84. The Morgan fingerprint density at radius 2 is 0.750 bits per heavy atom. The van der Waals surface area contributed by atoms with E-state index in [1.165, 1.54) is 10.8 Å². The van der Waals surface area contributed by atoms with E-state index in [9.17, 15) is 0 Å². The number of benzene rings is 3. The van der Waals surface area contributed by atoms with Crippen LogP contribution in [-0.2, 0) is 0 Å². The van der Waals surface area contributed by atoms with Gasteiger partial charge in [0.05, 0.1) is 11.0 Å². The van der Waals surface area contributed by atoms with Gasteiger partial charge >= 0.3 is 0 Å². The van der Waals surface area contributed by atoms with Gasteiger partial charge in [0.15, 0.2) is 0 Å². The van der Waals surface area contributed by atoms with Gasteiger partial charge in [0.1, 0.15) is 0 Å². The maximum atomic E-state index is 3.52. The third-order valence-electron chi connectivity index (χ3n) is 3.61. The number of rotatable bonds is 0. The van der Waals surface area contributed by atoms with Crippen LogP contribution in [0.3, 0.4) is 0 Å². The van der Waals surface area contributed by atoms with Gasteiger partial charge in [-0.25, -0.2) is 0 Å². The minimum absolute atomic E-state index is 1.09. The van der Waals surface area contributed by atoms with E-state index in [0.717, 1.165) is 22.1 Å². The third-order valence-corrected chi connectivity index (χ3v) is 3.61. The Bertz CT molecular complexity index is 879. The second-order valence-electron chi connectivity index (χ2n) is 4.89. The SMILES string of the molecule is c1ccc2[nH]c3ccccc3c3ccccc3[nH]c2c1. The lowest BCUT2D eigenvalue weighted by Gasteiger charge is -2.04. The van der Waals surface area contributed by atoms with Gasteiger partial charge in [0.25, 0.3) is 0 Å². The smallest absolute Gasteiger partial charge is 0.0623 e. The fraction of sp³-hybridized carbons (Fsp3) is 0. The first-order valence-corrected chi connectivity index (χ1v) is 6.73. The summed E-state index contributed by atoms with van der Waals surface area (Å²) in [5.74, 6) is 0. The molecule has 0 unspecified atom stereocenters. The van der Waals surface area contributed by atoms with Gasteiger partial charge in [0, 0.05) is 21.8 Å². The van der Waals surface area contributed by atoms with E-state index in [1.54, 1.807) is 0 Å². The zero-order valence-corrected chi connectivity index (χ0v) is 10.9. The van der Waals surface area contributed by atoms with Crippen molar-refractivity contribution in [3.8, 4) is 0 Å². The summed E-state index contributed by atoms with van der Waals surface area (Å²) in [7, 11) is 0. The second kappa shape index (κ2) is 4.42. The predicted molar refractivity (Wildman–Crippen MR) is 85.3 cm³/mol. The molecule has 1 aromatic heterocycles. The predicted octanol–water partition coefficient (Wildman–Crippen LogP) is 4.93. The van der Waals surface area contributed by atoms with Gasteiger partial charge in [-0.2, -0.15) is 0 Å². The lowest BCUT2D eigenvalue weighted by atomic mass is 10.1. The normalized spacial score (nSPS) is 11.0. The number of H-pyrrole nitrogens is 2. The van der Waals surface area contributed by atoms with Crippen molar-refractivity contribution in [1.82, 2.24) is 9.97 Å². The molecule has 96 valence electrons. The van der Waals surface area contributed by atoms with E-state index in [-0.39, 0.29) is 0 Å². The summed E-state index contributed by atoms with van der Waals surface area (Å²) in [5.41, 5.74) is 4.45. The number of para-hydroxylation sites is 4. The van der Waals surface area contributed by atoms with E-state index in [2.05, 4.69) is 70.6 Å². The maximum absolute atomic E-state index is 3.52. The molecule has 2 nitrogen and oxygen atoms in total. The van der Waals surface area contributed by atoms with E-state index in [4.69, 9.17) is 0 Å². The standard InChI is InChI=1S/C18H14N2/c1-3-9-15-13(7-1)14-8-2-4-10-16(14)20-18-12-6-5-11-17(18)19-15/h1-12,19-20H. The van der Waals surface area contributed by atoms with E-state index in [0.29, 0.717) is 0 Å². The molecule has 0 fully saturated rings. The molecule has 2 N–H and O–H groups in total. The molecule has 0 saturated carbocycles. The van der Waals surface area contributed by atoms with E-state index < -0.39 is 0 Å². The number of hydrogen-bond donors (Lipinski definition) is 2. The molecule has 4 aromatic rings. The quantitative estimate of drug-likeness (QED) is 0.448. The number of fused-ring (bicyclic) bond motifs is 4. The van der Waals surface area contributed by atoms with Crippen molar-refractivity contribution < 1.29 is 0 Å². The summed E-state index contributed by atoms with van der Waals surface area (Å²) < 4.78 is 0. The van der Waals surface area contributed by atoms with Crippen molar-refractivity contribution in [3.05, 3.63) is 72.8 Å². The molecule has 2 heteroatoms. The van der Waals surface area contributed by atoms with Crippen LogP contribution < -0.4 is 0 Å². The van der Waals surface area contributed by atoms with Crippen LogP contribution in [0.2, 0.25) is 0 Å². The highest BCUT2D eigenvalue weighted by Crippen LogP contribution is 2.22. The first-order chi connectivity index (χ1) is 9.92. The highest BCUT2D eigenvalue weighted by Gasteiger charge is 1.99.